The molecule has 0 bridgehead atoms. The topological polar surface area (TPSA) is 154 Å². The normalized spacial score (nSPS) is 29.3. The zero-order valence-electron chi connectivity index (χ0n) is 29.8. The second-order valence-corrected chi connectivity index (χ2v) is 18.2. The molecular weight excluding hydrogens is 660 g/mol. The highest BCUT2D eigenvalue weighted by Crippen LogP contribution is 2.57. The SMILES string of the molecule is Cn1cnc2ccc(O[C@@H]3C[C@H]4C(=O)C[C@]5(C(=O)NS(=O)(=O)C6(C)CC6)C[C@H]5/C=C\CCCCC[C@H](CC(=O)OC(C)(C)C)C(=O)N4C3)cc21. The van der Waals surface area contributed by atoms with Crippen molar-refractivity contribution < 1.29 is 37.1 Å². The molecule has 272 valence electrons. The molecule has 5 atom stereocenters. The third kappa shape index (κ3) is 7.62. The molecule has 2 saturated carbocycles. The summed E-state index contributed by atoms with van der Waals surface area (Å²) in [6.07, 6.45) is 9.93. The molecule has 1 N–H and O–H groups in total. The summed E-state index contributed by atoms with van der Waals surface area (Å²) >= 11 is 0. The van der Waals surface area contributed by atoms with Crippen molar-refractivity contribution in [3.05, 3.63) is 36.7 Å². The maximum atomic E-state index is 14.4. The number of nitrogens with one attached hydrogen (secondary N) is 1. The molecule has 12 nitrogen and oxygen atoms in total. The number of benzene rings is 1. The largest absolute Gasteiger partial charge is 0.488 e. The zero-order chi connectivity index (χ0) is 36.1. The number of fused-ring (bicyclic) bond motifs is 3. The van der Waals surface area contributed by atoms with Crippen molar-refractivity contribution >= 4 is 44.6 Å². The lowest BCUT2D eigenvalue weighted by molar-refractivity contribution is -0.159. The maximum absolute atomic E-state index is 14.4. The number of carbonyl (C=O) groups is 4. The quantitative estimate of drug-likeness (QED) is 0.317. The van der Waals surface area contributed by atoms with Gasteiger partial charge in [0.15, 0.2) is 5.78 Å². The van der Waals surface area contributed by atoms with Gasteiger partial charge in [0.25, 0.3) is 0 Å². The van der Waals surface area contributed by atoms with Crippen LogP contribution in [0.5, 0.6) is 5.75 Å². The summed E-state index contributed by atoms with van der Waals surface area (Å²) < 4.78 is 41.4. The number of imidazole rings is 1. The van der Waals surface area contributed by atoms with Gasteiger partial charge in [-0.1, -0.05) is 25.0 Å². The van der Waals surface area contributed by atoms with Crippen LogP contribution < -0.4 is 9.46 Å². The lowest BCUT2D eigenvalue weighted by atomic mass is 9.90. The van der Waals surface area contributed by atoms with Crippen molar-refractivity contribution in [3.63, 3.8) is 0 Å². The molecule has 0 radical (unpaired) electrons. The number of rotatable bonds is 7. The van der Waals surface area contributed by atoms with Gasteiger partial charge in [-0.05, 0) is 84.3 Å². The Labute approximate surface area is 294 Å². The van der Waals surface area contributed by atoms with Crippen molar-refractivity contribution in [1.82, 2.24) is 19.2 Å². The zero-order valence-corrected chi connectivity index (χ0v) is 30.6. The number of sulfonamides is 1. The third-order valence-electron chi connectivity index (χ3n) is 10.8. The molecule has 1 aromatic heterocycles. The first-order valence-corrected chi connectivity index (χ1v) is 19.3. The molecule has 4 aliphatic rings. The van der Waals surface area contributed by atoms with Crippen LogP contribution in [0.15, 0.2) is 36.7 Å². The molecule has 6 rings (SSSR count). The molecule has 2 aliphatic heterocycles. The van der Waals surface area contributed by atoms with Gasteiger partial charge in [0, 0.05) is 31.9 Å². The van der Waals surface area contributed by atoms with Crippen molar-refractivity contribution in [2.75, 3.05) is 6.54 Å². The molecule has 3 heterocycles. The van der Waals surface area contributed by atoms with Gasteiger partial charge in [-0.25, -0.2) is 13.4 Å². The van der Waals surface area contributed by atoms with E-state index < -0.39 is 55.7 Å². The van der Waals surface area contributed by atoms with Crippen molar-refractivity contribution in [1.29, 1.82) is 0 Å². The van der Waals surface area contributed by atoms with Gasteiger partial charge in [-0.15, -0.1) is 0 Å². The molecule has 2 aliphatic carbocycles. The van der Waals surface area contributed by atoms with Gasteiger partial charge < -0.3 is 18.9 Å². The van der Waals surface area contributed by atoms with E-state index in [2.05, 4.69) is 9.71 Å². The number of esters is 1. The maximum Gasteiger partial charge on any atom is 0.307 e. The van der Waals surface area contributed by atoms with Gasteiger partial charge >= 0.3 is 5.97 Å². The minimum absolute atomic E-state index is 0.110. The second-order valence-electron chi connectivity index (χ2n) is 16.0. The third-order valence-corrected chi connectivity index (χ3v) is 13.0. The molecule has 1 aromatic carbocycles. The monoisotopic (exact) mass is 710 g/mol. The fraction of sp³-hybridized carbons (Fsp3) is 0.649. The van der Waals surface area contributed by atoms with E-state index in [4.69, 9.17) is 9.47 Å². The van der Waals surface area contributed by atoms with Crippen LogP contribution in [0.4, 0.5) is 0 Å². The predicted molar refractivity (Wildman–Crippen MR) is 186 cm³/mol. The molecule has 0 unspecified atom stereocenters. The molecule has 50 heavy (non-hydrogen) atoms. The van der Waals surface area contributed by atoms with E-state index >= 15 is 0 Å². The molecular formula is C37H50N4O8S. The van der Waals surface area contributed by atoms with Crippen LogP contribution in [0.2, 0.25) is 0 Å². The van der Waals surface area contributed by atoms with E-state index in [9.17, 15) is 27.6 Å². The summed E-state index contributed by atoms with van der Waals surface area (Å²) in [5.41, 5.74) is -0.258. The Bertz CT molecular complexity index is 1810. The predicted octanol–water partition coefficient (Wildman–Crippen LogP) is 4.75. The van der Waals surface area contributed by atoms with E-state index in [0.717, 1.165) is 36.7 Å². The number of aryl methyl sites for hydroxylation is 1. The Hall–Kier alpha value is -3.74. The average molecular weight is 711 g/mol. The number of amides is 2. The first-order valence-electron chi connectivity index (χ1n) is 17.9. The number of allylic oxidation sites excluding steroid dienone is 2. The minimum atomic E-state index is -3.92. The summed E-state index contributed by atoms with van der Waals surface area (Å²) in [5.74, 6) is -2.18. The summed E-state index contributed by atoms with van der Waals surface area (Å²) in [6.45, 7) is 7.09. The van der Waals surface area contributed by atoms with Gasteiger partial charge in [0.05, 0.1) is 46.5 Å². The van der Waals surface area contributed by atoms with Crippen LogP contribution >= 0.6 is 0 Å². The second kappa shape index (κ2) is 13.4. The highest BCUT2D eigenvalue weighted by molar-refractivity contribution is 7.91. The van der Waals surface area contributed by atoms with Crippen molar-refractivity contribution in [2.45, 2.75) is 121 Å². The van der Waals surface area contributed by atoms with Crippen LogP contribution in [-0.2, 0) is 41.0 Å². The molecule has 2 aromatic rings. The Morgan fingerprint density at radius 3 is 2.60 bits per heavy atom. The number of hydrogen-bond donors (Lipinski definition) is 1. The van der Waals surface area contributed by atoms with Crippen LogP contribution in [0.1, 0.15) is 98.3 Å². The van der Waals surface area contributed by atoms with Crippen LogP contribution in [-0.4, -0.2) is 75.5 Å². The van der Waals surface area contributed by atoms with E-state index in [-0.39, 0.29) is 43.4 Å². The summed E-state index contributed by atoms with van der Waals surface area (Å²) in [7, 11) is -2.03. The van der Waals surface area contributed by atoms with E-state index in [1.165, 1.54) is 4.90 Å². The fourth-order valence-electron chi connectivity index (χ4n) is 7.38. The summed E-state index contributed by atoms with van der Waals surface area (Å²) in [4.78, 5) is 61.6. The van der Waals surface area contributed by atoms with Gasteiger partial charge in [0.1, 0.15) is 17.5 Å². The smallest absolute Gasteiger partial charge is 0.307 e. The number of ether oxygens (including phenoxy) is 2. The van der Waals surface area contributed by atoms with E-state index in [1.807, 2.05) is 42.0 Å². The molecule has 0 spiro atoms. The van der Waals surface area contributed by atoms with Gasteiger partial charge in [-0.3, -0.25) is 23.9 Å². The fourth-order valence-corrected chi connectivity index (χ4v) is 8.71. The molecule has 3 fully saturated rings. The number of Topliss-reactive ketones (excluding diaryl/α,β-unsaturated/α-hetero) is 1. The van der Waals surface area contributed by atoms with Gasteiger partial charge in [0.2, 0.25) is 21.8 Å². The minimum Gasteiger partial charge on any atom is -0.488 e. The first kappa shape index (κ1) is 36.1. The van der Waals surface area contributed by atoms with E-state index in [1.54, 1.807) is 34.0 Å². The average Bonchev–Trinajstić information content (AvgIpc) is 3.86. The van der Waals surface area contributed by atoms with Crippen LogP contribution in [0.3, 0.4) is 0 Å². The standard InChI is InChI=1S/C37H50N4O8S/c1-35(2,3)49-32(43)17-24-11-9-7-6-8-10-12-25-20-37(25,34(45)39-50(46,47)36(4)15-16-36)21-31(42)30-19-27(22-41(30)33(24)44)48-26-13-14-28-29(18-26)40(5)23-38-28/h10,12-14,18,23-25,27,30H,6-9,11,15-17,19-22H2,1-5H3,(H,39,45)/b12-10-/t24-,25-,27-,30+,37-/m1/s1. The number of nitrogens with zero attached hydrogens (tertiary/aromatic N) is 3. The Kier molecular flexibility index (Phi) is 9.68. The highest BCUT2D eigenvalue weighted by atomic mass is 32.2. The summed E-state index contributed by atoms with van der Waals surface area (Å²) in [5, 5.41) is 0. The number of aromatic nitrogens is 2. The Balaban J connectivity index is 1.29. The molecule has 13 heteroatoms. The Morgan fingerprint density at radius 2 is 1.88 bits per heavy atom. The lowest BCUT2D eigenvalue weighted by Gasteiger charge is -2.29. The summed E-state index contributed by atoms with van der Waals surface area (Å²) in [6, 6.07) is 4.62. The number of hydrogen-bond acceptors (Lipinski definition) is 9. The highest BCUT2D eigenvalue weighted by Gasteiger charge is 2.62. The van der Waals surface area contributed by atoms with E-state index in [0.29, 0.717) is 31.4 Å². The van der Waals surface area contributed by atoms with Crippen LogP contribution in [0.25, 0.3) is 11.0 Å². The number of ketones is 1. The first-order chi connectivity index (χ1) is 23.5. The molecule has 1 saturated heterocycles. The van der Waals surface area contributed by atoms with Gasteiger partial charge in [-0.2, -0.15) is 0 Å². The number of carbonyl (C=O) groups excluding carboxylic acids is 4. The Morgan fingerprint density at radius 1 is 1.12 bits per heavy atom. The van der Waals surface area contributed by atoms with Crippen molar-refractivity contribution in [3.8, 4) is 5.75 Å². The van der Waals surface area contributed by atoms with Crippen molar-refractivity contribution in [2.24, 2.45) is 24.3 Å². The lowest BCUT2D eigenvalue weighted by Crippen LogP contribution is -2.47. The molecule has 2 amide bonds. The van der Waals surface area contributed by atoms with Crippen LogP contribution in [0, 0.1) is 17.3 Å².